The summed E-state index contributed by atoms with van der Waals surface area (Å²) >= 11 is 0. The van der Waals surface area contributed by atoms with Gasteiger partial charge in [0.2, 0.25) is 5.91 Å². The van der Waals surface area contributed by atoms with Gasteiger partial charge in [0.05, 0.1) is 11.5 Å². The predicted octanol–water partition coefficient (Wildman–Crippen LogP) is 1.53. The van der Waals surface area contributed by atoms with Crippen LogP contribution in [0.4, 0.5) is 4.39 Å². The highest BCUT2D eigenvalue weighted by molar-refractivity contribution is 7.92. The summed E-state index contributed by atoms with van der Waals surface area (Å²) in [4.78, 5) is 11.5. The molecule has 0 heterocycles. The SMILES string of the molecule is CCCCOCCNC(=O)CS(=O)(=O)c1ccc(F)cc1. The van der Waals surface area contributed by atoms with Crippen LogP contribution in [0.2, 0.25) is 0 Å². The lowest BCUT2D eigenvalue weighted by molar-refractivity contribution is -0.118. The van der Waals surface area contributed by atoms with Gasteiger partial charge in [-0.25, -0.2) is 12.8 Å². The topological polar surface area (TPSA) is 72.5 Å². The van der Waals surface area contributed by atoms with Gasteiger partial charge in [0.25, 0.3) is 0 Å². The molecule has 1 rings (SSSR count). The van der Waals surface area contributed by atoms with E-state index in [1.165, 1.54) is 0 Å². The van der Waals surface area contributed by atoms with Gasteiger partial charge in [0.1, 0.15) is 11.6 Å². The summed E-state index contributed by atoms with van der Waals surface area (Å²) in [6.07, 6.45) is 1.98. The van der Waals surface area contributed by atoms with E-state index in [0.29, 0.717) is 13.2 Å². The van der Waals surface area contributed by atoms with Crippen molar-refractivity contribution < 1.29 is 22.3 Å². The van der Waals surface area contributed by atoms with Crippen molar-refractivity contribution in [3.8, 4) is 0 Å². The highest BCUT2D eigenvalue weighted by atomic mass is 32.2. The Kier molecular flexibility index (Phi) is 7.31. The molecule has 0 fully saturated rings. The van der Waals surface area contributed by atoms with E-state index in [2.05, 4.69) is 5.32 Å². The van der Waals surface area contributed by atoms with Crippen molar-refractivity contribution in [1.29, 1.82) is 0 Å². The highest BCUT2D eigenvalue weighted by Gasteiger charge is 2.18. The maximum Gasteiger partial charge on any atom is 0.235 e. The number of carbonyl (C=O) groups excluding carboxylic acids is 1. The summed E-state index contributed by atoms with van der Waals surface area (Å²) in [6, 6.07) is 4.39. The molecule has 0 unspecified atom stereocenters. The van der Waals surface area contributed by atoms with E-state index in [9.17, 15) is 17.6 Å². The maximum absolute atomic E-state index is 12.7. The van der Waals surface area contributed by atoms with Crippen molar-refractivity contribution in [1.82, 2.24) is 5.32 Å². The molecule has 5 nitrogen and oxygen atoms in total. The Bertz CT molecular complexity index is 543. The van der Waals surface area contributed by atoms with Crippen molar-refractivity contribution in [3.63, 3.8) is 0 Å². The first-order valence-corrected chi connectivity index (χ1v) is 8.43. The van der Waals surface area contributed by atoms with Crippen molar-refractivity contribution in [2.75, 3.05) is 25.5 Å². The van der Waals surface area contributed by atoms with Crippen LogP contribution in [0.15, 0.2) is 29.2 Å². The fourth-order valence-electron chi connectivity index (χ4n) is 1.56. The lowest BCUT2D eigenvalue weighted by Crippen LogP contribution is -2.32. The minimum Gasteiger partial charge on any atom is -0.380 e. The zero-order valence-electron chi connectivity index (χ0n) is 12.0. The summed E-state index contributed by atoms with van der Waals surface area (Å²) in [6.45, 7) is 3.29. The second-order valence-corrected chi connectivity index (χ2v) is 6.52. The molecule has 1 amide bonds. The number of unbranched alkanes of at least 4 members (excludes halogenated alkanes) is 1. The largest absolute Gasteiger partial charge is 0.380 e. The first kappa shape index (κ1) is 17.6. The van der Waals surface area contributed by atoms with Crippen LogP contribution in [0.3, 0.4) is 0 Å². The predicted molar refractivity (Wildman–Crippen MR) is 77.2 cm³/mol. The van der Waals surface area contributed by atoms with Crippen LogP contribution in [0, 0.1) is 5.82 Å². The van der Waals surface area contributed by atoms with Gasteiger partial charge in [-0.2, -0.15) is 0 Å². The smallest absolute Gasteiger partial charge is 0.235 e. The molecular formula is C14H20FNO4S. The van der Waals surface area contributed by atoms with Crippen LogP contribution < -0.4 is 5.32 Å². The molecule has 7 heteroatoms. The van der Waals surface area contributed by atoms with Crippen LogP contribution in [0.1, 0.15) is 19.8 Å². The number of halogens is 1. The quantitative estimate of drug-likeness (QED) is 0.554. The van der Waals surface area contributed by atoms with Gasteiger partial charge in [-0.15, -0.1) is 0 Å². The lowest BCUT2D eigenvalue weighted by Gasteiger charge is -2.07. The minimum absolute atomic E-state index is 0.0711. The molecule has 0 aliphatic rings. The molecule has 118 valence electrons. The van der Waals surface area contributed by atoms with Crippen molar-refractivity contribution >= 4 is 15.7 Å². The van der Waals surface area contributed by atoms with E-state index < -0.39 is 27.3 Å². The Morgan fingerprint density at radius 3 is 2.52 bits per heavy atom. The summed E-state index contributed by atoms with van der Waals surface area (Å²) < 4.78 is 41.8. The first-order chi connectivity index (χ1) is 9.95. The Morgan fingerprint density at radius 1 is 1.24 bits per heavy atom. The molecule has 0 aliphatic heterocycles. The second kappa shape index (κ2) is 8.74. The number of nitrogens with one attached hydrogen (secondary N) is 1. The van der Waals surface area contributed by atoms with Gasteiger partial charge in [0, 0.05) is 13.2 Å². The Morgan fingerprint density at radius 2 is 1.90 bits per heavy atom. The number of carbonyl (C=O) groups is 1. The number of hydrogen-bond acceptors (Lipinski definition) is 4. The van der Waals surface area contributed by atoms with E-state index in [-0.39, 0.29) is 11.4 Å². The molecule has 0 saturated carbocycles. The second-order valence-electron chi connectivity index (χ2n) is 4.53. The Balaban J connectivity index is 2.38. The first-order valence-electron chi connectivity index (χ1n) is 6.78. The Labute approximate surface area is 124 Å². The molecule has 0 saturated heterocycles. The monoisotopic (exact) mass is 317 g/mol. The molecule has 21 heavy (non-hydrogen) atoms. The molecule has 0 radical (unpaired) electrons. The summed E-state index contributed by atoms with van der Waals surface area (Å²) in [5, 5.41) is 2.48. The van der Waals surface area contributed by atoms with Crippen LogP contribution in [0.5, 0.6) is 0 Å². The molecule has 0 aliphatic carbocycles. The third-order valence-electron chi connectivity index (χ3n) is 2.70. The molecule has 0 spiro atoms. The van der Waals surface area contributed by atoms with Crippen LogP contribution in [-0.4, -0.2) is 39.8 Å². The number of sulfone groups is 1. The minimum atomic E-state index is -3.75. The maximum atomic E-state index is 12.7. The van der Waals surface area contributed by atoms with E-state index in [1.54, 1.807) is 0 Å². The molecule has 0 aromatic heterocycles. The average molecular weight is 317 g/mol. The van der Waals surface area contributed by atoms with Crippen molar-refractivity contribution in [2.24, 2.45) is 0 Å². The van der Waals surface area contributed by atoms with Gasteiger partial charge < -0.3 is 10.1 Å². The van der Waals surface area contributed by atoms with Crippen molar-refractivity contribution in [3.05, 3.63) is 30.1 Å². The van der Waals surface area contributed by atoms with Crippen molar-refractivity contribution in [2.45, 2.75) is 24.7 Å². The number of rotatable bonds is 9. The normalized spacial score (nSPS) is 11.3. The highest BCUT2D eigenvalue weighted by Crippen LogP contribution is 2.11. The average Bonchev–Trinajstić information content (AvgIpc) is 2.42. The van der Waals surface area contributed by atoms with E-state index in [1.807, 2.05) is 6.92 Å². The van der Waals surface area contributed by atoms with Gasteiger partial charge in [-0.1, -0.05) is 13.3 Å². The fraction of sp³-hybridized carbons (Fsp3) is 0.500. The van der Waals surface area contributed by atoms with E-state index in [0.717, 1.165) is 37.1 Å². The lowest BCUT2D eigenvalue weighted by atomic mass is 10.4. The van der Waals surface area contributed by atoms with Gasteiger partial charge in [0.15, 0.2) is 9.84 Å². The summed E-state index contributed by atoms with van der Waals surface area (Å²) in [5.74, 6) is -1.78. The van der Waals surface area contributed by atoms with Gasteiger partial charge in [-0.05, 0) is 30.7 Å². The van der Waals surface area contributed by atoms with E-state index in [4.69, 9.17) is 4.74 Å². The van der Waals surface area contributed by atoms with Crippen LogP contribution in [0.25, 0.3) is 0 Å². The number of ether oxygens (including phenoxy) is 1. The molecule has 0 atom stereocenters. The summed E-state index contributed by atoms with van der Waals surface area (Å²) in [5.41, 5.74) is 0. The number of hydrogen-bond donors (Lipinski definition) is 1. The van der Waals surface area contributed by atoms with E-state index >= 15 is 0 Å². The zero-order chi connectivity index (χ0) is 15.7. The number of benzene rings is 1. The zero-order valence-corrected chi connectivity index (χ0v) is 12.8. The Hall–Kier alpha value is -1.47. The fourth-order valence-corrected chi connectivity index (χ4v) is 2.72. The molecule has 1 aromatic rings. The third kappa shape index (κ3) is 6.68. The summed E-state index contributed by atoms with van der Waals surface area (Å²) in [7, 11) is -3.75. The van der Waals surface area contributed by atoms with Crippen LogP contribution >= 0.6 is 0 Å². The molecule has 0 bridgehead atoms. The molecular weight excluding hydrogens is 297 g/mol. The number of amides is 1. The molecule has 1 aromatic carbocycles. The van der Waals surface area contributed by atoms with Gasteiger partial charge in [-0.3, -0.25) is 4.79 Å². The molecule has 1 N–H and O–H groups in total. The van der Waals surface area contributed by atoms with Crippen LogP contribution in [-0.2, 0) is 19.4 Å². The third-order valence-corrected chi connectivity index (χ3v) is 4.34. The standard InChI is InChI=1S/C14H20FNO4S/c1-2-3-9-20-10-8-16-14(17)11-21(18,19)13-6-4-12(15)5-7-13/h4-7H,2-3,8-11H2,1H3,(H,16,17). The van der Waals surface area contributed by atoms with Gasteiger partial charge >= 0.3 is 0 Å².